The van der Waals surface area contributed by atoms with Crippen LogP contribution in [-0.4, -0.2) is 33.4 Å². The second-order valence-corrected chi connectivity index (χ2v) is 7.68. The summed E-state index contributed by atoms with van der Waals surface area (Å²) in [5.41, 5.74) is 1.85. The van der Waals surface area contributed by atoms with E-state index < -0.39 is 35.6 Å². The van der Waals surface area contributed by atoms with Gasteiger partial charge in [-0.2, -0.15) is 5.10 Å². The van der Waals surface area contributed by atoms with Gasteiger partial charge < -0.3 is 9.84 Å². The standard InChI is InChI=1S/C24H18F3N3O4/c1-13-3-6-16(7-4-13)21(31)19-20(15-8-10-17(11-9-15)34-24(25,26)27)30(23(33)22(19)32)18-12-5-14(2)28-29-18/h3-12,20,31H,1-2H3/t20-/m1/s1. The van der Waals surface area contributed by atoms with Gasteiger partial charge in [-0.25, -0.2) is 0 Å². The van der Waals surface area contributed by atoms with Crippen LogP contribution in [0.5, 0.6) is 5.75 Å². The van der Waals surface area contributed by atoms with Crippen LogP contribution in [0.4, 0.5) is 19.0 Å². The van der Waals surface area contributed by atoms with E-state index >= 15 is 0 Å². The molecule has 3 aromatic rings. The molecule has 4 rings (SSSR count). The molecule has 1 saturated heterocycles. The summed E-state index contributed by atoms with van der Waals surface area (Å²) in [5.74, 6) is -2.74. The average molecular weight is 469 g/mol. The van der Waals surface area contributed by atoms with Gasteiger partial charge >= 0.3 is 12.3 Å². The number of benzene rings is 2. The summed E-state index contributed by atoms with van der Waals surface area (Å²) >= 11 is 0. The summed E-state index contributed by atoms with van der Waals surface area (Å²) in [5, 5.41) is 18.9. The molecule has 0 saturated carbocycles. The van der Waals surface area contributed by atoms with E-state index in [1.807, 2.05) is 6.92 Å². The molecule has 34 heavy (non-hydrogen) atoms. The number of aryl methyl sites for hydroxylation is 2. The molecule has 2 heterocycles. The molecular weight excluding hydrogens is 451 g/mol. The fraction of sp³-hybridized carbons (Fsp3) is 0.167. The summed E-state index contributed by atoms with van der Waals surface area (Å²) in [7, 11) is 0. The number of hydrogen-bond donors (Lipinski definition) is 1. The zero-order valence-corrected chi connectivity index (χ0v) is 18.0. The Balaban J connectivity index is 1.87. The number of alkyl halides is 3. The second kappa shape index (κ2) is 8.62. The van der Waals surface area contributed by atoms with Crippen molar-refractivity contribution in [2.75, 3.05) is 4.90 Å². The Morgan fingerprint density at radius 1 is 0.941 bits per heavy atom. The zero-order chi connectivity index (χ0) is 24.6. The number of aliphatic hydroxyl groups is 1. The molecule has 1 fully saturated rings. The maximum Gasteiger partial charge on any atom is 0.573 e. The fourth-order valence-corrected chi connectivity index (χ4v) is 3.62. The Labute approximate surface area is 192 Å². The number of aromatic nitrogens is 2. The van der Waals surface area contributed by atoms with E-state index in [4.69, 9.17) is 0 Å². The Hall–Kier alpha value is -4.21. The van der Waals surface area contributed by atoms with Crippen LogP contribution in [-0.2, 0) is 9.59 Å². The van der Waals surface area contributed by atoms with Crippen LogP contribution in [0.25, 0.3) is 5.76 Å². The third-order valence-electron chi connectivity index (χ3n) is 5.23. The minimum atomic E-state index is -4.88. The van der Waals surface area contributed by atoms with Crippen molar-refractivity contribution in [2.24, 2.45) is 0 Å². The van der Waals surface area contributed by atoms with E-state index in [1.165, 1.54) is 18.2 Å². The molecule has 1 amide bonds. The van der Waals surface area contributed by atoms with Crippen molar-refractivity contribution in [1.29, 1.82) is 0 Å². The van der Waals surface area contributed by atoms with Crippen molar-refractivity contribution in [1.82, 2.24) is 10.2 Å². The number of carbonyl (C=O) groups excluding carboxylic acids is 2. The number of anilines is 1. The summed E-state index contributed by atoms with van der Waals surface area (Å²) in [6, 6.07) is 13.3. The Morgan fingerprint density at radius 3 is 2.15 bits per heavy atom. The van der Waals surface area contributed by atoms with Gasteiger partial charge in [0, 0.05) is 5.56 Å². The number of ether oxygens (including phenoxy) is 1. The van der Waals surface area contributed by atoms with Crippen molar-refractivity contribution < 1.29 is 32.6 Å². The normalized spacial score (nSPS) is 17.8. The molecule has 1 atom stereocenters. The van der Waals surface area contributed by atoms with Crippen molar-refractivity contribution in [3.05, 3.63) is 88.6 Å². The minimum Gasteiger partial charge on any atom is -0.507 e. The van der Waals surface area contributed by atoms with Crippen molar-refractivity contribution in [3.8, 4) is 5.75 Å². The van der Waals surface area contributed by atoms with Gasteiger partial charge in [0.05, 0.1) is 17.3 Å². The zero-order valence-electron chi connectivity index (χ0n) is 18.0. The van der Waals surface area contributed by atoms with Crippen LogP contribution < -0.4 is 9.64 Å². The number of ketones is 1. The highest BCUT2D eigenvalue weighted by molar-refractivity contribution is 6.51. The Morgan fingerprint density at radius 2 is 1.59 bits per heavy atom. The van der Waals surface area contributed by atoms with Crippen LogP contribution in [0.15, 0.2) is 66.2 Å². The number of rotatable bonds is 4. The van der Waals surface area contributed by atoms with Crippen molar-refractivity contribution >= 4 is 23.3 Å². The maximum atomic E-state index is 13.0. The lowest BCUT2D eigenvalue weighted by molar-refractivity contribution is -0.274. The summed E-state index contributed by atoms with van der Waals surface area (Å²) in [6.07, 6.45) is -4.88. The lowest BCUT2D eigenvalue weighted by Crippen LogP contribution is -2.30. The smallest absolute Gasteiger partial charge is 0.507 e. The third-order valence-corrected chi connectivity index (χ3v) is 5.23. The number of Topliss-reactive ketones (excluding diaryl/α,β-unsaturated/α-hetero) is 1. The first-order valence-electron chi connectivity index (χ1n) is 10.1. The molecule has 0 unspecified atom stereocenters. The van der Waals surface area contributed by atoms with Crippen LogP contribution in [0.3, 0.4) is 0 Å². The van der Waals surface area contributed by atoms with Gasteiger partial charge in [-0.1, -0.05) is 42.0 Å². The molecule has 0 bridgehead atoms. The molecule has 1 aliphatic heterocycles. The lowest BCUT2D eigenvalue weighted by Gasteiger charge is -2.24. The molecule has 10 heteroatoms. The minimum absolute atomic E-state index is 0.0521. The summed E-state index contributed by atoms with van der Waals surface area (Å²) in [6.45, 7) is 3.54. The number of amides is 1. The topological polar surface area (TPSA) is 92.6 Å². The van der Waals surface area contributed by atoms with Gasteiger partial charge in [-0.3, -0.25) is 14.5 Å². The molecule has 1 aromatic heterocycles. The SMILES string of the molecule is Cc1ccc(C(O)=C2C(=O)C(=O)N(c3ccc(C)nn3)[C@@H]2c2ccc(OC(F)(F)F)cc2)cc1. The number of nitrogens with zero attached hydrogens (tertiary/aromatic N) is 3. The van der Waals surface area contributed by atoms with Crippen LogP contribution in [0.2, 0.25) is 0 Å². The Kier molecular flexibility index (Phi) is 5.82. The fourth-order valence-electron chi connectivity index (χ4n) is 3.62. The van der Waals surface area contributed by atoms with Crippen LogP contribution in [0, 0.1) is 13.8 Å². The lowest BCUT2D eigenvalue weighted by atomic mass is 9.95. The average Bonchev–Trinajstić information content (AvgIpc) is 3.04. The van der Waals surface area contributed by atoms with Gasteiger partial charge in [0.15, 0.2) is 5.82 Å². The molecule has 174 valence electrons. The van der Waals surface area contributed by atoms with E-state index in [0.29, 0.717) is 11.3 Å². The van der Waals surface area contributed by atoms with Gasteiger partial charge in [0.2, 0.25) is 0 Å². The van der Waals surface area contributed by atoms with Gasteiger partial charge in [0.25, 0.3) is 5.78 Å². The van der Waals surface area contributed by atoms with E-state index in [9.17, 15) is 27.9 Å². The highest BCUT2D eigenvalue weighted by Crippen LogP contribution is 2.42. The summed E-state index contributed by atoms with van der Waals surface area (Å²) < 4.78 is 41.6. The first-order chi connectivity index (χ1) is 16.0. The number of aliphatic hydroxyl groups excluding tert-OH is 1. The maximum absolute atomic E-state index is 13.0. The molecule has 0 radical (unpaired) electrons. The first-order valence-corrected chi connectivity index (χ1v) is 10.1. The molecule has 1 aliphatic rings. The molecule has 2 aromatic carbocycles. The van der Waals surface area contributed by atoms with Gasteiger partial charge in [-0.05, 0) is 43.7 Å². The predicted molar refractivity (Wildman–Crippen MR) is 116 cm³/mol. The van der Waals surface area contributed by atoms with Crippen molar-refractivity contribution in [3.63, 3.8) is 0 Å². The molecule has 7 nitrogen and oxygen atoms in total. The molecule has 0 aliphatic carbocycles. The number of hydrogen-bond acceptors (Lipinski definition) is 6. The van der Waals surface area contributed by atoms with Crippen LogP contribution in [0.1, 0.15) is 28.4 Å². The highest BCUT2D eigenvalue weighted by atomic mass is 19.4. The van der Waals surface area contributed by atoms with Crippen LogP contribution >= 0.6 is 0 Å². The van der Waals surface area contributed by atoms with E-state index in [2.05, 4.69) is 14.9 Å². The predicted octanol–water partition coefficient (Wildman–Crippen LogP) is 4.62. The highest BCUT2D eigenvalue weighted by Gasteiger charge is 2.47. The van der Waals surface area contributed by atoms with E-state index in [-0.39, 0.29) is 17.0 Å². The summed E-state index contributed by atoms with van der Waals surface area (Å²) in [4.78, 5) is 27.1. The largest absolute Gasteiger partial charge is 0.573 e. The Bertz CT molecular complexity index is 1270. The quantitative estimate of drug-likeness (QED) is 0.341. The third kappa shape index (κ3) is 4.47. The molecular formula is C24H18F3N3O4. The van der Waals surface area contributed by atoms with E-state index in [0.717, 1.165) is 22.6 Å². The van der Waals surface area contributed by atoms with Crippen molar-refractivity contribution in [2.45, 2.75) is 26.3 Å². The van der Waals surface area contributed by atoms with Gasteiger partial charge in [-0.15, -0.1) is 18.3 Å². The molecule has 0 spiro atoms. The monoisotopic (exact) mass is 469 g/mol. The van der Waals surface area contributed by atoms with E-state index in [1.54, 1.807) is 37.3 Å². The second-order valence-electron chi connectivity index (χ2n) is 7.68. The first kappa shape index (κ1) is 23.0. The number of halogens is 3. The number of carbonyl (C=O) groups is 2. The molecule has 1 N–H and O–H groups in total. The van der Waals surface area contributed by atoms with Gasteiger partial charge in [0.1, 0.15) is 11.5 Å².